The molecule has 2 aliphatic carbocycles. The number of H-pyrrole nitrogens is 1. The first-order chi connectivity index (χ1) is 9.26. The number of carbonyl (C=O) groups is 1. The Balaban J connectivity index is 1.63. The third kappa shape index (κ3) is 1.83. The minimum atomic E-state index is -0.163. The monoisotopic (exact) mass is 276 g/mol. The maximum Gasteiger partial charge on any atom is 0.273 e. The third-order valence-electron chi connectivity index (χ3n) is 5.82. The van der Waals surface area contributed by atoms with E-state index in [9.17, 15) is 4.79 Å². The van der Waals surface area contributed by atoms with Crippen LogP contribution in [0.2, 0.25) is 0 Å². The van der Waals surface area contributed by atoms with Gasteiger partial charge in [-0.25, -0.2) is 0 Å². The molecule has 1 amide bonds. The van der Waals surface area contributed by atoms with Crippen LogP contribution in [-0.4, -0.2) is 22.6 Å². The van der Waals surface area contributed by atoms with Gasteiger partial charge in [-0.3, -0.25) is 9.89 Å². The van der Waals surface area contributed by atoms with Crippen LogP contribution in [0.5, 0.6) is 0 Å². The van der Waals surface area contributed by atoms with E-state index in [1.54, 1.807) is 0 Å². The Morgan fingerprint density at radius 3 is 2.45 bits per heavy atom. The summed E-state index contributed by atoms with van der Waals surface area (Å²) in [6.07, 6.45) is 2.27. The van der Waals surface area contributed by atoms with Gasteiger partial charge in [0.05, 0.1) is 11.4 Å². The number of hydrogen-bond donors (Lipinski definition) is 3. The van der Waals surface area contributed by atoms with Crippen LogP contribution in [0.1, 0.15) is 62.6 Å². The molecule has 5 nitrogen and oxygen atoms in total. The van der Waals surface area contributed by atoms with Gasteiger partial charge in [-0.15, -0.1) is 0 Å². The van der Waals surface area contributed by atoms with E-state index in [1.807, 2.05) is 0 Å². The van der Waals surface area contributed by atoms with Crippen molar-refractivity contribution in [3.8, 4) is 0 Å². The highest BCUT2D eigenvalue weighted by Crippen LogP contribution is 2.67. The Morgan fingerprint density at radius 2 is 1.95 bits per heavy atom. The Morgan fingerprint density at radius 1 is 1.35 bits per heavy atom. The molecule has 1 aromatic rings. The lowest BCUT2D eigenvalue weighted by atomic mass is 10.0. The molecule has 0 atom stereocenters. The van der Waals surface area contributed by atoms with Crippen molar-refractivity contribution in [1.29, 1.82) is 0 Å². The Kier molecular flexibility index (Phi) is 2.69. The maximum absolute atomic E-state index is 12.2. The van der Waals surface area contributed by atoms with Crippen LogP contribution in [-0.2, 0) is 0 Å². The number of hydrogen-bond acceptors (Lipinski definition) is 3. The van der Waals surface area contributed by atoms with Crippen molar-refractivity contribution in [2.75, 3.05) is 12.3 Å². The quantitative estimate of drug-likeness (QED) is 0.789. The summed E-state index contributed by atoms with van der Waals surface area (Å²) < 4.78 is 0. The van der Waals surface area contributed by atoms with Crippen molar-refractivity contribution in [3.63, 3.8) is 0 Å². The fourth-order valence-corrected chi connectivity index (χ4v) is 3.34. The second-order valence-electron chi connectivity index (χ2n) is 7.38. The molecule has 0 radical (unpaired) electrons. The van der Waals surface area contributed by atoms with Gasteiger partial charge in [-0.1, -0.05) is 27.7 Å². The van der Waals surface area contributed by atoms with Crippen LogP contribution in [0.25, 0.3) is 0 Å². The average Bonchev–Trinajstić information content (AvgIpc) is 3.20. The largest absolute Gasteiger partial charge is 0.395 e. The summed E-state index contributed by atoms with van der Waals surface area (Å²) >= 11 is 0. The molecule has 0 spiro atoms. The van der Waals surface area contributed by atoms with Gasteiger partial charge in [-0.2, -0.15) is 5.10 Å². The predicted molar refractivity (Wildman–Crippen MR) is 78.4 cm³/mol. The van der Waals surface area contributed by atoms with E-state index in [0.717, 1.165) is 18.5 Å². The molecule has 0 aromatic carbocycles. The summed E-state index contributed by atoms with van der Waals surface area (Å²) in [5.74, 6) is 0.816. The fraction of sp³-hybridized carbons (Fsp3) is 0.733. The molecule has 2 aliphatic rings. The number of nitrogens with zero attached hydrogens (tertiary/aromatic N) is 1. The summed E-state index contributed by atoms with van der Waals surface area (Å²) in [4.78, 5) is 12.2. The normalized spacial score (nSPS) is 23.6. The molecular weight excluding hydrogens is 252 g/mol. The molecule has 4 N–H and O–H groups in total. The lowest BCUT2D eigenvalue weighted by Crippen LogP contribution is -2.28. The third-order valence-corrected chi connectivity index (χ3v) is 5.82. The molecule has 0 bridgehead atoms. The Labute approximate surface area is 119 Å². The van der Waals surface area contributed by atoms with Gasteiger partial charge in [0.25, 0.3) is 5.91 Å². The number of nitrogens with two attached hydrogens (primary N) is 1. The number of rotatable bonds is 4. The zero-order valence-electron chi connectivity index (χ0n) is 12.7. The molecule has 0 unspecified atom stereocenters. The smallest absolute Gasteiger partial charge is 0.273 e. The van der Waals surface area contributed by atoms with Crippen LogP contribution in [0.3, 0.4) is 0 Å². The van der Waals surface area contributed by atoms with E-state index in [1.165, 1.54) is 0 Å². The molecule has 20 heavy (non-hydrogen) atoms. The molecule has 5 heteroatoms. The van der Waals surface area contributed by atoms with E-state index >= 15 is 0 Å². The van der Waals surface area contributed by atoms with Crippen molar-refractivity contribution >= 4 is 11.6 Å². The maximum atomic E-state index is 12.2. The van der Waals surface area contributed by atoms with Crippen molar-refractivity contribution in [2.24, 2.45) is 16.7 Å². The molecule has 2 fully saturated rings. The Bertz CT molecular complexity index is 540. The highest BCUT2D eigenvalue weighted by molar-refractivity contribution is 5.97. The topological polar surface area (TPSA) is 83.8 Å². The molecule has 2 saturated carbocycles. The van der Waals surface area contributed by atoms with Crippen LogP contribution in [0, 0.1) is 16.7 Å². The van der Waals surface area contributed by atoms with Crippen LogP contribution in [0.15, 0.2) is 0 Å². The molecule has 0 aliphatic heterocycles. The summed E-state index contributed by atoms with van der Waals surface area (Å²) in [7, 11) is 0. The number of carbonyl (C=O) groups excluding carboxylic acids is 1. The van der Waals surface area contributed by atoms with Gasteiger partial charge >= 0.3 is 0 Å². The fourth-order valence-electron chi connectivity index (χ4n) is 3.34. The minimum Gasteiger partial charge on any atom is -0.395 e. The zero-order valence-corrected chi connectivity index (χ0v) is 12.7. The number of aromatic amines is 1. The first-order valence-electron chi connectivity index (χ1n) is 7.38. The van der Waals surface area contributed by atoms with Gasteiger partial charge in [0, 0.05) is 12.5 Å². The second-order valence-corrected chi connectivity index (χ2v) is 7.38. The minimum absolute atomic E-state index is 0.163. The number of amides is 1. The van der Waals surface area contributed by atoms with Gasteiger partial charge in [0.2, 0.25) is 0 Å². The van der Waals surface area contributed by atoms with E-state index < -0.39 is 0 Å². The van der Waals surface area contributed by atoms with Gasteiger partial charge in [-0.05, 0) is 29.6 Å². The SMILES string of the molecule is CC1(C)C(CNC(=O)c2n[nH]c(C3CC3)c2N)C1(C)C. The van der Waals surface area contributed by atoms with E-state index in [4.69, 9.17) is 5.73 Å². The van der Waals surface area contributed by atoms with Crippen molar-refractivity contribution in [1.82, 2.24) is 15.5 Å². The summed E-state index contributed by atoms with van der Waals surface area (Å²) in [5.41, 5.74) is 8.38. The Hall–Kier alpha value is -1.52. The first-order valence-corrected chi connectivity index (χ1v) is 7.38. The highest BCUT2D eigenvalue weighted by atomic mass is 16.1. The van der Waals surface area contributed by atoms with Gasteiger partial charge < -0.3 is 11.1 Å². The van der Waals surface area contributed by atoms with Gasteiger partial charge in [0.15, 0.2) is 5.69 Å². The number of nitrogen functional groups attached to an aromatic ring is 1. The summed E-state index contributed by atoms with van der Waals surface area (Å²) in [5, 5.41) is 9.99. The average molecular weight is 276 g/mol. The molecule has 110 valence electrons. The van der Waals surface area contributed by atoms with E-state index in [-0.39, 0.29) is 16.7 Å². The number of nitrogens with one attached hydrogen (secondary N) is 2. The standard InChI is InChI=1S/C15H24N4O/c1-14(2)9(15(14,3)4)7-17-13(20)12-10(16)11(18-19-12)8-5-6-8/h8-9H,5-7,16H2,1-4H3,(H,17,20)(H,18,19). The zero-order chi connectivity index (χ0) is 14.7. The number of anilines is 1. The second kappa shape index (κ2) is 3.99. The van der Waals surface area contributed by atoms with E-state index in [2.05, 4.69) is 43.2 Å². The first kappa shape index (κ1) is 13.5. The van der Waals surface area contributed by atoms with E-state index in [0.29, 0.717) is 29.8 Å². The molecule has 3 rings (SSSR count). The van der Waals surface area contributed by atoms with Crippen LogP contribution in [0.4, 0.5) is 5.69 Å². The van der Waals surface area contributed by atoms with Crippen molar-refractivity contribution < 1.29 is 4.79 Å². The predicted octanol–water partition coefficient (Wildman–Crippen LogP) is 2.28. The lowest BCUT2D eigenvalue weighted by molar-refractivity contribution is 0.0946. The van der Waals surface area contributed by atoms with Crippen LogP contribution < -0.4 is 11.1 Å². The summed E-state index contributed by atoms with van der Waals surface area (Å²) in [6, 6.07) is 0. The van der Waals surface area contributed by atoms with Crippen LogP contribution >= 0.6 is 0 Å². The molecular formula is C15H24N4O. The highest BCUT2D eigenvalue weighted by Gasteiger charge is 2.64. The van der Waals surface area contributed by atoms with Gasteiger partial charge in [0.1, 0.15) is 0 Å². The summed E-state index contributed by atoms with van der Waals surface area (Å²) in [6.45, 7) is 9.68. The lowest BCUT2D eigenvalue weighted by Gasteiger charge is -2.05. The molecule has 1 heterocycles. The number of aromatic nitrogens is 2. The van der Waals surface area contributed by atoms with Crippen molar-refractivity contribution in [2.45, 2.75) is 46.5 Å². The molecule has 0 saturated heterocycles. The van der Waals surface area contributed by atoms with Crippen molar-refractivity contribution in [3.05, 3.63) is 11.4 Å². The molecule has 1 aromatic heterocycles.